The van der Waals surface area contributed by atoms with Crippen LogP contribution in [0.3, 0.4) is 0 Å². The van der Waals surface area contributed by atoms with Crippen molar-refractivity contribution in [2.24, 2.45) is 5.73 Å². The van der Waals surface area contributed by atoms with E-state index in [0.29, 0.717) is 22.7 Å². The lowest BCUT2D eigenvalue weighted by atomic mass is 10.2. The summed E-state index contributed by atoms with van der Waals surface area (Å²) in [6.45, 7) is 0. The summed E-state index contributed by atoms with van der Waals surface area (Å²) in [4.78, 5) is 22.4. The first-order valence-corrected chi connectivity index (χ1v) is 6.25. The standard InChI is InChI=1S/C15H15N3O3/c1-17-14(19)10-4-2-6-12(8-10)21-13-7-3-5-11(9-13)18-15(16)20/h2-9H,1H3,(H,17,19)(H3,16,18,20). The number of hydrogen-bond donors (Lipinski definition) is 3. The molecule has 0 spiro atoms. The lowest BCUT2D eigenvalue weighted by Crippen LogP contribution is -2.19. The third-order valence-electron chi connectivity index (χ3n) is 2.66. The van der Waals surface area contributed by atoms with Gasteiger partial charge in [-0.25, -0.2) is 4.79 Å². The monoisotopic (exact) mass is 285 g/mol. The number of benzene rings is 2. The molecule has 0 aliphatic rings. The predicted molar refractivity (Wildman–Crippen MR) is 79.6 cm³/mol. The van der Waals surface area contributed by atoms with E-state index in [1.54, 1.807) is 55.6 Å². The fraction of sp³-hybridized carbons (Fsp3) is 0.0667. The van der Waals surface area contributed by atoms with Gasteiger partial charge in [0.25, 0.3) is 5.91 Å². The van der Waals surface area contributed by atoms with Crippen LogP contribution in [0, 0.1) is 0 Å². The van der Waals surface area contributed by atoms with Crippen molar-refractivity contribution in [1.82, 2.24) is 5.32 Å². The second-order valence-corrected chi connectivity index (χ2v) is 4.23. The molecule has 108 valence electrons. The van der Waals surface area contributed by atoms with Crippen LogP contribution < -0.4 is 21.1 Å². The van der Waals surface area contributed by atoms with Gasteiger partial charge in [0.1, 0.15) is 11.5 Å². The van der Waals surface area contributed by atoms with Crippen molar-refractivity contribution in [3.8, 4) is 11.5 Å². The fourth-order valence-corrected chi connectivity index (χ4v) is 1.76. The Morgan fingerprint density at radius 2 is 1.71 bits per heavy atom. The van der Waals surface area contributed by atoms with E-state index in [-0.39, 0.29) is 5.91 Å². The molecule has 0 bridgehead atoms. The summed E-state index contributed by atoms with van der Waals surface area (Å²) >= 11 is 0. The Hall–Kier alpha value is -3.02. The van der Waals surface area contributed by atoms with Crippen LogP contribution in [0.2, 0.25) is 0 Å². The average Bonchev–Trinajstić information content (AvgIpc) is 2.46. The SMILES string of the molecule is CNC(=O)c1cccc(Oc2cccc(NC(N)=O)c2)c1. The Labute approximate surface area is 121 Å². The van der Waals surface area contributed by atoms with Gasteiger partial charge < -0.3 is 21.1 Å². The zero-order valence-corrected chi connectivity index (χ0v) is 11.4. The third kappa shape index (κ3) is 3.97. The van der Waals surface area contributed by atoms with Gasteiger partial charge in [0.15, 0.2) is 0 Å². The Balaban J connectivity index is 2.18. The van der Waals surface area contributed by atoms with E-state index in [4.69, 9.17) is 10.5 Å². The van der Waals surface area contributed by atoms with Gasteiger partial charge in [-0.05, 0) is 30.3 Å². The highest BCUT2D eigenvalue weighted by Gasteiger charge is 2.05. The van der Waals surface area contributed by atoms with Crippen molar-refractivity contribution in [2.75, 3.05) is 12.4 Å². The van der Waals surface area contributed by atoms with Crippen molar-refractivity contribution in [1.29, 1.82) is 0 Å². The molecule has 0 atom stereocenters. The molecule has 4 N–H and O–H groups in total. The van der Waals surface area contributed by atoms with Gasteiger partial charge in [0, 0.05) is 24.4 Å². The van der Waals surface area contributed by atoms with E-state index in [2.05, 4.69) is 10.6 Å². The molecule has 6 nitrogen and oxygen atoms in total. The molecule has 0 aliphatic carbocycles. The lowest BCUT2D eigenvalue weighted by Gasteiger charge is -2.09. The van der Waals surface area contributed by atoms with Crippen molar-refractivity contribution in [3.05, 3.63) is 54.1 Å². The molecule has 0 radical (unpaired) electrons. The van der Waals surface area contributed by atoms with Crippen LogP contribution in [-0.2, 0) is 0 Å². The second kappa shape index (κ2) is 6.42. The lowest BCUT2D eigenvalue weighted by molar-refractivity contribution is 0.0962. The molecule has 2 aromatic rings. The second-order valence-electron chi connectivity index (χ2n) is 4.23. The van der Waals surface area contributed by atoms with Gasteiger partial charge in [-0.1, -0.05) is 12.1 Å². The van der Waals surface area contributed by atoms with Crippen LogP contribution in [0.25, 0.3) is 0 Å². The molecule has 0 unspecified atom stereocenters. The first-order valence-electron chi connectivity index (χ1n) is 6.25. The molecule has 0 aliphatic heterocycles. The topological polar surface area (TPSA) is 93.4 Å². The molecule has 2 aromatic carbocycles. The van der Waals surface area contributed by atoms with Crippen LogP contribution in [0.15, 0.2) is 48.5 Å². The third-order valence-corrected chi connectivity index (χ3v) is 2.66. The minimum Gasteiger partial charge on any atom is -0.457 e. The number of anilines is 1. The number of nitrogens with one attached hydrogen (secondary N) is 2. The highest BCUT2D eigenvalue weighted by Crippen LogP contribution is 2.24. The van der Waals surface area contributed by atoms with E-state index < -0.39 is 6.03 Å². The van der Waals surface area contributed by atoms with Gasteiger partial charge in [-0.15, -0.1) is 0 Å². The van der Waals surface area contributed by atoms with E-state index >= 15 is 0 Å². The van der Waals surface area contributed by atoms with Crippen LogP contribution in [0.1, 0.15) is 10.4 Å². The zero-order chi connectivity index (χ0) is 15.2. The van der Waals surface area contributed by atoms with Crippen molar-refractivity contribution in [3.63, 3.8) is 0 Å². The Kier molecular flexibility index (Phi) is 4.40. The molecule has 6 heteroatoms. The number of amides is 3. The van der Waals surface area contributed by atoms with E-state index in [0.717, 1.165) is 0 Å². The van der Waals surface area contributed by atoms with E-state index in [1.807, 2.05) is 0 Å². The molecular formula is C15H15N3O3. The number of hydrogen-bond acceptors (Lipinski definition) is 3. The molecule has 21 heavy (non-hydrogen) atoms. The summed E-state index contributed by atoms with van der Waals surface area (Å²) < 4.78 is 5.66. The summed E-state index contributed by atoms with van der Waals surface area (Å²) in [5.74, 6) is 0.854. The minimum absolute atomic E-state index is 0.190. The van der Waals surface area contributed by atoms with Gasteiger partial charge in [0.05, 0.1) is 0 Å². The van der Waals surface area contributed by atoms with Gasteiger partial charge in [-0.2, -0.15) is 0 Å². The number of urea groups is 1. The summed E-state index contributed by atoms with van der Waals surface area (Å²) in [7, 11) is 1.56. The average molecular weight is 285 g/mol. The first-order chi connectivity index (χ1) is 10.1. The molecule has 0 fully saturated rings. The van der Waals surface area contributed by atoms with Crippen LogP contribution in [-0.4, -0.2) is 19.0 Å². The van der Waals surface area contributed by atoms with Crippen LogP contribution in [0.5, 0.6) is 11.5 Å². The maximum absolute atomic E-state index is 11.6. The number of carbonyl (C=O) groups excluding carboxylic acids is 2. The predicted octanol–water partition coefficient (Wildman–Crippen LogP) is 2.33. The summed E-state index contributed by atoms with van der Waals surface area (Å²) in [5.41, 5.74) is 6.09. The molecule has 0 saturated heterocycles. The van der Waals surface area contributed by atoms with Crippen LogP contribution >= 0.6 is 0 Å². The molecule has 0 heterocycles. The summed E-state index contributed by atoms with van der Waals surface area (Å²) in [5, 5.41) is 5.01. The molecule has 3 amide bonds. The Bertz CT molecular complexity index is 671. The molecular weight excluding hydrogens is 270 g/mol. The maximum Gasteiger partial charge on any atom is 0.316 e. The number of carbonyl (C=O) groups is 2. The summed E-state index contributed by atoms with van der Waals surface area (Å²) in [6.07, 6.45) is 0. The quantitative estimate of drug-likeness (QED) is 0.804. The number of primary amides is 1. The van der Waals surface area contributed by atoms with Gasteiger partial charge in [-0.3, -0.25) is 4.79 Å². The van der Waals surface area contributed by atoms with Gasteiger partial charge >= 0.3 is 6.03 Å². The van der Waals surface area contributed by atoms with Crippen LogP contribution in [0.4, 0.5) is 10.5 Å². The van der Waals surface area contributed by atoms with Crippen molar-refractivity contribution in [2.45, 2.75) is 0 Å². The highest BCUT2D eigenvalue weighted by atomic mass is 16.5. The summed E-state index contributed by atoms with van der Waals surface area (Å²) in [6, 6.07) is 12.9. The fourth-order valence-electron chi connectivity index (χ4n) is 1.76. The minimum atomic E-state index is -0.645. The Morgan fingerprint density at radius 3 is 2.38 bits per heavy atom. The number of rotatable bonds is 4. The normalized spacial score (nSPS) is 9.76. The van der Waals surface area contributed by atoms with E-state index in [1.165, 1.54) is 0 Å². The highest BCUT2D eigenvalue weighted by molar-refractivity contribution is 5.94. The number of nitrogens with two attached hydrogens (primary N) is 1. The van der Waals surface area contributed by atoms with Gasteiger partial charge in [0.2, 0.25) is 0 Å². The smallest absolute Gasteiger partial charge is 0.316 e. The Morgan fingerprint density at radius 1 is 1.05 bits per heavy atom. The maximum atomic E-state index is 11.6. The zero-order valence-electron chi connectivity index (χ0n) is 11.4. The van der Waals surface area contributed by atoms with E-state index in [9.17, 15) is 9.59 Å². The number of ether oxygens (including phenoxy) is 1. The molecule has 2 rings (SSSR count). The molecule has 0 aromatic heterocycles. The first kappa shape index (κ1) is 14.4. The van der Waals surface area contributed by atoms with Crippen molar-refractivity contribution < 1.29 is 14.3 Å². The van der Waals surface area contributed by atoms with Crippen molar-refractivity contribution >= 4 is 17.6 Å². The molecule has 0 saturated carbocycles. The largest absolute Gasteiger partial charge is 0.457 e.